The fraction of sp³-hybridized carbons (Fsp3) is 0.708. The van der Waals surface area contributed by atoms with Gasteiger partial charge in [-0.05, 0) is 94.8 Å². The van der Waals surface area contributed by atoms with Gasteiger partial charge in [0.05, 0.1) is 5.41 Å². The van der Waals surface area contributed by atoms with E-state index in [1.807, 2.05) is 0 Å². The minimum atomic E-state index is -0.0326. The van der Waals surface area contributed by atoms with Crippen LogP contribution < -0.4 is 4.90 Å². The lowest BCUT2D eigenvalue weighted by atomic mass is 9.49. The highest BCUT2D eigenvalue weighted by atomic mass is 16.2. The van der Waals surface area contributed by atoms with Gasteiger partial charge in [-0.1, -0.05) is 17.7 Å². The summed E-state index contributed by atoms with van der Waals surface area (Å²) < 4.78 is 0. The van der Waals surface area contributed by atoms with E-state index in [9.17, 15) is 4.79 Å². The number of anilines is 1. The summed E-state index contributed by atoms with van der Waals surface area (Å²) in [6, 6.07) is 7.21. The van der Waals surface area contributed by atoms with Crippen LogP contribution in [0.15, 0.2) is 18.2 Å². The maximum atomic E-state index is 14.2. The number of hydrogen-bond donors (Lipinski definition) is 0. The van der Waals surface area contributed by atoms with Crippen LogP contribution in [-0.4, -0.2) is 37.0 Å². The average molecular weight is 365 g/mol. The van der Waals surface area contributed by atoms with Crippen molar-refractivity contribution in [1.29, 1.82) is 0 Å². The summed E-state index contributed by atoms with van der Waals surface area (Å²) in [6.07, 6.45) is 8.84. The van der Waals surface area contributed by atoms with Crippen molar-refractivity contribution >= 4 is 11.6 Å². The van der Waals surface area contributed by atoms with E-state index in [4.69, 9.17) is 0 Å². The molecule has 0 spiro atoms. The molecule has 1 amide bonds. The zero-order valence-electron chi connectivity index (χ0n) is 16.8. The number of piperidine rings is 1. The molecular formula is C24H32N2O. The standard InChI is InChI=1S/C24H32N2O/c1-15-3-4-21-19(7-15)20-14-25(2)6-5-22(20)26(21)23(27)24-11-16-8-17(12-24)10-18(9-16)13-24/h3-4,7,16-18,20,22H,5-6,8-14H2,1-2H3/t16?,17?,18?,20-,22+,24?/m0/s1. The molecule has 27 heavy (non-hydrogen) atoms. The molecule has 1 aromatic carbocycles. The van der Waals surface area contributed by atoms with Gasteiger partial charge < -0.3 is 9.80 Å². The normalized spacial score (nSPS) is 42.3. The van der Waals surface area contributed by atoms with E-state index in [1.165, 1.54) is 55.3 Å². The molecule has 3 heteroatoms. The highest BCUT2D eigenvalue weighted by Gasteiger charge is 2.58. The Morgan fingerprint density at radius 2 is 1.74 bits per heavy atom. The topological polar surface area (TPSA) is 23.6 Å². The predicted molar refractivity (Wildman–Crippen MR) is 108 cm³/mol. The van der Waals surface area contributed by atoms with Crippen molar-refractivity contribution in [3.8, 4) is 0 Å². The molecule has 0 radical (unpaired) electrons. The van der Waals surface area contributed by atoms with E-state index in [1.54, 1.807) is 0 Å². The van der Waals surface area contributed by atoms with E-state index < -0.39 is 0 Å². The van der Waals surface area contributed by atoms with Crippen LogP contribution >= 0.6 is 0 Å². The molecule has 2 atom stereocenters. The first-order valence-corrected chi connectivity index (χ1v) is 11.2. The van der Waals surface area contributed by atoms with Gasteiger partial charge in [-0.15, -0.1) is 0 Å². The quantitative estimate of drug-likeness (QED) is 0.740. The van der Waals surface area contributed by atoms with Gasteiger partial charge in [-0.2, -0.15) is 0 Å². The van der Waals surface area contributed by atoms with Crippen molar-refractivity contribution in [1.82, 2.24) is 4.90 Å². The Labute approximate surface area is 163 Å². The predicted octanol–water partition coefficient (Wildman–Crippen LogP) is 4.35. The van der Waals surface area contributed by atoms with Crippen molar-refractivity contribution < 1.29 is 4.79 Å². The fourth-order valence-corrected chi connectivity index (χ4v) is 7.97. The fourth-order valence-electron chi connectivity index (χ4n) is 7.97. The molecule has 1 aromatic rings. The maximum absolute atomic E-state index is 14.2. The van der Waals surface area contributed by atoms with Crippen molar-refractivity contribution in [2.45, 2.75) is 63.8 Å². The monoisotopic (exact) mass is 364 g/mol. The number of hydrogen-bond acceptors (Lipinski definition) is 2. The molecule has 0 aromatic heterocycles. The van der Waals surface area contributed by atoms with Crippen LogP contribution in [0.2, 0.25) is 0 Å². The van der Waals surface area contributed by atoms with Crippen LogP contribution in [0.4, 0.5) is 5.69 Å². The first kappa shape index (κ1) is 16.6. The minimum Gasteiger partial charge on any atom is -0.308 e. The first-order chi connectivity index (χ1) is 13.0. The van der Waals surface area contributed by atoms with Crippen molar-refractivity contribution in [3.05, 3.63) is 29.3 Å². The number of nitrogens with zero attached hydrogens (tertiary/aromatic N) is 2. The number of fused-ring (bicyclic) bond motifs is 3. The lowest BCUT2D eigenvalue weighted by Crippen LogP contribution is -2.57. The van der Waals surface area contributed by atoms with Gasteiger partial charge >= 0.3 is 0 Å². The van der Waals surface area contributed by atoms with Crippen molar-refractivity contribution in [2.24, 2.45) is 23.2 Å². The molecule has 3 nitrogen and oxygen atoms in total. The zero-order valence-corrected chi connectivity index (χ0v) is 16.8. The number of likely N-dealkylation sites (N-methyl/N-ethyl adjacent to an activating group) is 1. The number of amides is 1. The summed E-state index contributed by atoms with van der Waals surface area (Å²) in [4.78, 5) is 19.0. The smallest absolute Gasteiger partial charge is 0.233 e. The lowest BCUT2D eigenvalue weighted by molar-refractivity contribution is -0.144. The average Bonchev–Trinajstić information content (AvgIpc) is 2.93. The van der Waals surface area contributed by atoms with Gasteiger partial charge in [0.15, 0.2) is 0 Å². The summed E-state index contributed by atoms with van der Waals surface area (Å²) in [5.74, 6) is 3.48. The van der Waals surface area contributed by atoms with Gasteiger partial charge in [0.1, 0.15) is 0 Å². The molecule has 1 saturated heterocycles. The maximum Gasteiger partial charge on any atom is 0.233 e. The molecule has 7 rings (SSSR count). The van der Waals surface area contributed by atoms with Crippen LogP contribution in [0.1, 0.15) is 62.0 Å². The minimum absolute atomic E-state index is 0.0326. The van der Waals surface area contributed by atoms with E-state index >= 15 is 0 Å². The third kappa shape index (κ3) is 2.33. The molecule has 2 aliphatic heterocycles. The largest absolute Gasteiger partial charge is 0.308 e. The molecule has 0 unspecified atom stereocenters. The van der Waals surface area contributed by atoms with E-state index in [2.05, 4.69) is 42.0 Å². The molecule has 5 fully saturated rings. The Balaban J connectivity index is 1.41. The molecule has 4 saturated carbocycles. The Kier molecular flexibility index (Phi) is 3.44. The second-order valence-electron chi connectivity index (χ2n) is 10.7. The van der Waals surface area contributed by atoms with Gasteiger partial charge in [0, 0.05) is 24.2 Å². The summed E-state index contributed by atoms with van der Waals surface area (Å²) in [5, 5.41) is 0. The molecule has 2 heterocycles. The Morgan fingerprint density at radius 1 is 1.07 bits per heavy atom. The zero-order chi connectivity index (χ0) is 18.3. The van der Waals surface area contributed by atoms with E-state index in [0.717, 1.165) is 37.3 Å². The second kappa shape index (κ2) is 5.59. The highest BCUT2D eigenvalue weighted by molar-refractivity contribution is 6.01. The van der Waals surface area contributed by atoms with Gasteiger partial charge in [-0.25, -0.2) is 0 Å². The Hall–Kier alpha value is -1.35. The Morgan fingerprint density at radius 3 is 2.41 bits per heavy atom. The van der Waals surface area contributed by atoms with E-state index in [0.29, 0.717) is 17.9 Å². The highest BCUT2D eigenvalue weighted by Crippen LogP contribution is 2.61. The third-order valence-electron chi connectivity index (χ3n) is 8.66. The Bertz CT molecular complexity index is 764. The summed E-state index contributed by atoms with van der Waals surface area (Å²) >= 11 is 0. The molecule has 0 N–H and O–H groups in total. The molecular weight excluding hydrogens is 332 g/mol. The number of benzene rings is 1. The molecule has 4 aliphatic carbocycles. The number of rotatable bonds is 1. The summed E-state index contributed by atoms with van der Waals surface area (Å²) in [6.45, 7) is 4.38. The number of carbonyl (C=O) groups excluding carboxylic acids is 1. The first-order valence-electron chi connectivity index (χ1n) is 11.2. The number of likely N-dealkylation sites (tertiary alicyclic amines) is 1. The second-order valence-corrected chi connectivity index (χ2v) is 10.7. The SMILES string of the molecule is Cc1ccc2c(c1)[C@@H]1CN(C)CC[C@H]1N2C(=O)C12CC3CC(CC(C3)C1)C2. The van der Waals surface area contributed by atoms with Crippen LogP contribution in [0.5, 0.6) is 0 Å². The summed E-state index contributed by atoms with van der Waals surface area (Å²) in [5.41, 5.74) is 3.97. The van der Waals surface area contributed by atoms with Gasteiger partial charge in [-0.3, -0.25) is 4.79 Å². The molecule has 6 aliphatic rings. The van der Waals surface area contributed by atoms with Crippen LogP contribution in [0.25, 0.3) is 0 Å². The van der Waals surface area contributed by atoms with Crippen molar-refractivity contribution in [3.63, 3.8) is 0 Å². The lowest BCUT2D eigenvalue weighted by Gasteiger charge is -2.57. The summed E-state index contributed by atoms with van der Waals surface area (Å²) in [7, 11) is 2.23. The number of aryl methyl sites for hydroxylation is 1. The van der Waals surface area contributed by atoms with E-state index in [-0.39, 0.29) is 5.41 Å². The van der Waals surface area contributed by atoms with Crippen molar-refractivity contribution in [2.75, 3.05) is 25.0 Å². The van der Waals surface area contributed by atoms with Gasteiger partial charge in [0.25, 0.3) is 0 Å². The van der Waals surface area contributed by atoms with Crippen LogP contribution in [0, 0.1) is 30.1 Å². The van der Waals surface area contributed by atoms with Crippen LogP contribution in [0.3, 0.4) is 0 Å². The third-order valence-corrected chi connectivity index (χ3v) is 8.66. The van der Waals surface area contributed by atoms with Gasteiger partial charge in [0.2, 0.25) is 5.91 Å². The molecule has 4 bridgehead atoms. The molecule has 144 valence electrons. The van der Waals surface area contributed by atoms with Crippen LogP contribution in [-0.2, 0) is 4.79 Å². The number of carbonyl (C=O) groups is 1.